The molecule has 9 heteroatoms. The quantitative estimate of drug-likeness (QED) is 0.359. The van der Waals surface area contributed by atoms with Crippen molar-refractivity contribution in [1.82, 2.24) is 9.55 Å². The number of hydrogen-bond donors (Lipinski definition) is 2. The molecule has 2 N–H and O–H groups in total. The number of nitrogens with one attached hydrogen (secondary N) is 2. The van der Waals surface area contributed by atoms with Gasteiger partial charge in [0, 0.05) is 18.4 Å². The van der Waals surface area contributed by atoms with Crippen molar-refractivity contribution in [2.75, 3.05) is 10.6 Å². The van der Waals surface area contributed by atoms with Gasteiger partial charge in [-0.2, -0.15) is 13.2 Å². The Hall–Kier alpha value is -3.88. The number of rotatable bonds is 6. The normalized spacial score (nSPS) is 11.7. The summed E-state index contributed by atoms with van der Waals surface area (Å²) in [6.07, 6.45) is 0.395. The predicted molar refractivity (Wildman–Crippen MR) is 121 cm³/mol. The van der Waals surface area contributed by atoms with Crippen molar-refractivity contribution in [2.45, 2.75) is 26.6 Å². The fourth-order valence-corrected chi connectivity index (χ4v) is 3.23. The summed E-state index contributed by atoms with van der Waals surface area (Å²) in [5.74, 6) is 0. The second-order valence-corrected chi connectivity index (χ2v) is 7.26. The minimum Gasteiger partial charge on any atom is -0.326 e. The van der Waals surface area contributed by atoms with Crippen LogP contribution in [0.4, 0.5) is 29.3 Å². The molecule has 166 valence electrons. The van der Waals surface area contributed by atoms with E-state index in [1.807, 2.05) is 16.7 Å². The van der Waals surface area contributed by atoms with Crippen molar-refractivity contribution in [3.63, 3.8) is 0 Å². The van der Waals surface area contributed by atoms with E-state index < -0.39 is 17.8 Å². The van der Waals surface area contributed by atoms with Crippen molar-refractivity contribution in [1.29, 1.82) is 0 Å². The van der Waals surface area contributed by atoms with Crippen LogP contribution in [0.15, 0.2) is 66.1 Å². The number of aliphatic imine (C=N–C) groups is 1. The number of imidazole rings is 1. The maximum absolute atomic E-state index is 13.1. The van der Waals surface area contributed by atoms with E-state index in [0.29, 0.717) is 17.7 Å². The number of benzene rings is 2. The van der Waals surface area contributed by atoms with Crippen LogP contribution in [0, 0.1) is 13.8 Å². The zero-order valence-electron chi connectivity index (χ0n) is 17.6. The SMILES string of the molecule is C=N/C=C\C(=C)Cn1cnc2c(NC(=O)Nc3ccc(C)c(C(F)(F)F)c3)c(C)ccc21. The molecule has 0 aliphatic carbocycles. The zero-order valence-corrected chi connectivity index (χ0v) is 17.6. The summed E-state index contributed by atoms with van der Waals surface area (Å²) in [4.78, 5) is 20.6. The summed E-state index contributed by atoms with van der Waals surface area (Å²) < 4.78 is 41.3. The van der Waals surface area contributed by atoms with Gasteiger partial charge in [-0.3, -0.25) is 4.99 Å². The van der Waals surface area contributed by atoms with Gasteiger partial charge in [-0.15, -0.1) is 0 Å². The number of amides is 2. The van der Waals surface area contributed by atoms with Crippen LogP contribution >= 0.6 is 0 Å². The first kappa shape index (κ1) is 22.8. The third-order valence-corrected chi connectivity index (χ3v) is 4.83. The van der Waals surface area contributed by atoms with Gasteiger partial charge in [0.05, 0.1) is 23.1 Å². The van der Waals surface area contributed by atoms with Gasteiger partial charge in [0.25, 0.3) is 0 Å². The summed E-state index contributed by atoms with van der Waals surface area (Å²) >= 11 is 0. The highest BCUT2D eigenvalue weighted by atomic mass is 19.4. The minimum atomic E-state index is -4.51. The van der Waals surface area contributed by atoms with Crippen molar-refractivity contribution in [3.8, 4) is 0 Å². The summed E-state index contributed by atoms with van der Waals surface area (Å²) in [6.45, 7) is 11.0. The Labute approximate surface area is 183 Å². The van der Waals surface area contributed by atoms with Crippen LogP contribution in [0.1, 0.15) is 16.7 Å². The molecule has 1 heterocycles. The van der Waals surface area contributed by atoms with Crippen LogP contribution < -0.4 is 10.6 Å². The maximum Gasteiger partial charge on any atom is 0.416 e. The van der Waals surface area contributed by atoms with E-state index in [1.54, 1.807) is 19.3 Å². The van der Waals surface area contributed by atoms with E-state index in [9.17, 15) is 18.0 Å². The number of hydrogen-bond acceptors (Lipinski definition) is 3. The number of aryl methyl sites for hydroxylation is 2. The average molecular weight is 441 g/mol. The van der Waals surface area contributed by atoms with Crippen LogP contribution in [0.2, 0.25) is 0 Å². The molecule has 0 fully saturated rings. The van der Waals surface area contributed by atoms with Gasteiger partial charge in [-0.25, -0.2) is 9.78 Å². The molecule has 6 nitrogen and oxygen atoms in total. The third-order valence-electron chi connectivity index (χ3n) is 4.83. The lowest BCUT2D eigenvalue weighted by atomic mass is 10.1. The molecule has 2 amide bonds. The summed E-state index contributed by atoms with van der Waals surface area (Å²) in [7, 11) is 0. The maximum atomic E-state index is 13.1. The molecule has 3 rings (SSSR count). The van der Waals surface area contributed by atoms with Gasteiger partial charge in [0.15, 0.2) is 0 Å². The van der Waals surface area contributed by atoms with Crippen LogP contribution in [0.25, 0.3) is 11.0 Å². The largest absolute Gasteiger partial charge is 0.416 e. The van der Waals surface area contributed by atoms with Gasteiger partial charge in [0.2, 0.25) is 0 Å². The van der Waals surface area contributed by atoms with Gasteiger partial charge < -0.3 is 15.2 Å². The predicted octanol–water partition coefficient (Wildman–Crippen LogP) is 6.09. The Morgan fingerprint density at radius 2 is 1.91 bits per heavy atom. The molecule has 0 saturated carbocycles. The number of halogens is 3. The number of allylic oxidation sites excluding steroid dienone is 2. The first-order chi connectivity index (χ1) is 15.1. The first-order valence-electron chi connectivity index (χ1n) is 9.60. The van der Waals surface area contributed by atoms with E-state index in [-0.39, 0.29) is 11.3 Å². The number of nitrogens with zero attached hydrogens (tertiary/aromatic N) is 3. The molecule has 0 unspecified atom stereocenters. The standard InChI is InChI=1S/C23H22F3N5O/c1-14(9-10-27-4)12-31-13-28-21-19(31)8-6-16(3)20(21)30-22(32)29-17-7-5-15(2)18(11-17)23(24,25)26/h5-11,13H,1,4,12H2,2-3H3,(H2,29,30,32)/b10-9-. The molecular formula is C23H22F3N5O. The molecule has 0 saturated heterocycles. The second kappa shape index (κ2) is 9.09. The fourth-order valence-electron chi connectivity index (χ4n) is 3.23. The molecule has 0 aliphatic heterocycles. The summed E-state index contributed by atoms with van der Waals surface area (Å²) in [5.41, 5.74) is 2.64. The Kier molecular flexibility index (Phi) is 6.47. The number of carbonyl (C=O) groups is 1. The topological polar surface area (TPSA) is 71.3 Å². The molecule has 32 heavy (non-hydrogen) atoms. The Morgan fingerprint density at radius 3 is 2.59 bits per heavy atom. The number of fused-ring (bicyclic) bond motifs is 1. The molecular weight excluding hydrogens is 419 g/mol. The number of anilines is 2. The lowest BCUT2D eigenvalue weighted by molar-refractivity contribution is -0.138. The molecule has 0 radical (unpaired) electrons. The van der Waals surface area contributed by atoms with Crippen LogP contribution in [-0.4, -0.2) is 22.3 Å². The first-order valence-corrected chi connectivity index (χ1v) is 9.60. The Morgan fingerprint density at radius 1 is 1.19 bits per heavy atom. The van der Waals surface area contributed by atoms with Crippen LogP contribution in [0.5, 0.6) is 0 Å². The van der Waals surface area contributed by atoms with Crippen molar-refractivity contribution < 1.29 is 18.0 Å². The smallest absolute Gasteiger partial charge is 0.326 e. The summed E-state index contributed by atoms with van der Waals surface area (Å²) in [6, 6.07) is 6.68. The van der Waals surface area contributed by atoms with Gasteiger partial charge in [-0.05, 0) is 61.5 Å². The second-order valence-electron chi connectivity index (χ2n) is 7.26. The highest BCUT2D eigenvalue weighted by Gasteiger charge is 2.32. The van der Waals surface area contributed by atoms with E-state index in [0.717, 1.165) is 22.7 Å². The van der Waals surface area contributed by atoms with Crippen molar-refractivity contribution >= 4 is 35.2 Å². The molecule has 1 aromatic heterocycles. The van der Waals surface area contributed by atoms with E-state index in [1.165, 1.54) is 25.3 Å². The monoisotopic (exact) mass is 441 g/mol. The third kappa shape index (κ3) is 5.05. The molecule has 0 bridgehead atoms. The van der Waals surface area contributed by atoms with Crippen LogP contribution in [0.3, 0.4) is 0 Å². The Balaban J connectivity index is 1.84. The molecule has 0 aliphatic rings. The minimum absolute atomic E-state index is 0.0368. The average Bonchev–Trinajstić information content (AvgIpc) is 3.12. The van der Waals surface area contributed by atoms with Crippen molar-refractivity contribution in [2.24, 2.45) is 4.99 Å². The van der Waals surface area contributed by atoms with Crippen molar-refractivity contribution in [3.05, 3.63) is 77.8 Å². The molecule has 0 spiro atoms. The molecule has 3 aromatic rings. The highest BCUT2D eigenvalue weighted by Crippen LogP contribution is 2.33. The Bertz CT molecular complexity index is 1220. The number of alkyl halides is 3. The number of aromatic nitrogens is 2. The zero-order chi connectivity index (χ0) is 23.5. The van der Waals surface area contributed by atoms with Gasteiger partial charge >= 0.3 is 12.2 Å². The lowest BCUT2D eigenvalue weighted by Crippen LogP contribution is -2.21. The molecule has 0 atom stereocenters. The van der Waals surface area contributed by atoms with Crippen LogP contribution in [-0.2, 0) is 12.7 Å². The highest BCUT2D eigenvalue weighted by molar-refractivity contribution is 6.05. The van der Waals surface area contributed by atoms with E-state index >= 15 is 0 Å². The summed E-state index contributed by atoms with van der Waals surface area (Å²) in [5, 5.41) is 5.17. The van der Waals surface area contributed by atoms with Gasteiger partial charge in [-0.1, -0.05) is 18.7 Å². The molecule has 2 aromatic carbocycles. The number of carbonyl (C=O) groups excluding carboxylic acids is 1. The van der Waals surface area contributed by atoms with E-state index in [4.69, 9.17) is 0 Å². The number of urea groups is 1. The van der Waals surface area contributed by atoms with E-state index in [2.05, 4.69) is 33.9 Å². The lowest BCUT2D eigenvalue weighted by Gasteiger charge is -2.14. The fraction of sp³-hybridized carbons (Fsp3) is 0.174. The van der Waals surface area contributed by atoms with Gasteiger partial charge in [0.1, 0.15) is 5.52 Å².